The minimum Gasteiger partial charge on any atom is -0.380 e. The van der Waals surface area contributed by atoms with Crippen molar-refractivity contribution < 1.29 is 9.47 Å². The Kier molecular flexibility index (Phi) is 4.83. The van der Waals surface area contributed by atoms with E-state index in [2.05, 4.69) is 14.9 Å². The average molecular weight is 325 g/mol. The number of hydrogen-bond donors (Lipinski definition) is 0. The Hall–Kier alpha value is -1.82. The predicted octanol–water partition coefficient (Wildman–Crippen LogP) is 2.34. The first-order valence-electron chi connectivity index (χ1n) is 8.63. The zero-order valence-electron chi connectivity index (χ0n) is 13.9. The topological polar surface area (TPSA) is 47.5 Å². The molecule has 1 saturated heterocycles. The Balaban J connectivity index is 1.40. The highest BCUT2D eigenvalue weighted by molar-refractivity contribution is 5.33. The lowest BCUT2D eigenvalue weighted by Crippen LogP contribution is -2.40. The molecule has 0 saturated carbocycles. The lowest BCUT2D eigenvalue weighted by molar-refractivity contribution is 0.104. The van der Waals surface area contributed by atoms with E-state index in [0.29, 0.717) is 19.3 Å². The average Bonchev–Trinajstić information content (AvgIpc) is 3.17. The monoisotopic (exact) mass is 325 g/mol. The molecular weight excluding hydrogens is 302 g/mol. The SMILES string of the molecule is c1cc(COCc2cncc3c2CCN(C2CCOC2)C3)ccn1. The third-order valence-corrected chi connectivity index (χ3v) is 4.96. The maximum Gasteiger partial charge on any atom is 0.0739 e. The van der Waals surface area contributed by atoms with E-state index in [0.717, 1.165) is 44.7 Å². The summed E-state index contributed by atoms with van der Waals surface area (Å²) < 4.78 is 11.4. The second-order valence-electron chi connectivity index (χ2n) is 6.52. The van der Waals surface area contributed by atoms with Crippen molar-refractivity contribution >= 4 is 0 Å². The molecule has 0 aliphatic carbocycles. The highest BCUT2D eigenvalue weighted by atomic mass is 16.5. The van der Waals surface area contributed by atoms with E-state index in [1.807, 2.05) is 24.5 Å². The molecule has 1 atom stereocenters. The van der Waals surface area contributed by atoms with Crippen LogP contribution < -0.4 is 0 Å². The molecule has 24 heavy (non-hydrogen) atoms. The maximum atomic E-state index is 5.90. The summed E-state index contributed by atoms with van der Waals surface area (Å²) in [4.78, 5) is 11.0. The van der Waals surface area contributed by atoms with Gasteiger partial charge in [-0.2, -0.15) is 0 Å². The van der Waals surface area contributed by atoms with Crippen LogP contribution in [0.3, 0.4) is 0 Å². The number of fused-ring (bicyclic) bond motifs is 1. The lowest BCUT2D eigenvalue weighted by Gasteiger charge is -2.33. The molecule has 0 amide bonds. The van der Waals surface area contributed by atoms with Gasteiger partial charge in [-0.05, 0) is 47.2 Å². The largest absolute Gasteiger partial charge is 0.380 e. The van der Waals surface area contributed by atoms with E-state index in [9.17, 15) is 0 Å². The molecule has 2 aliphatic heterocycles. The second-order valence-corrected chi connectivity index (χ2v) is 6.52. The van der Waals surface area contributed by atoms with Gasteiger partial charge in [0.15, 0.2) is 0 Å². The van der Waals surface area contributed by atoms with Crippen molar-refractivity contribution in [1.82, 2.24) is 14.9 Å². The first kappa shape index (κ1) is 15.7. The molecule has 0 N–H and O–H groups in total. The fourth-order valence-electron chi connectivity index (χ4n) is 3.59. The Labute approximate surface area is 142 Å². The zero-order valence-corrected chi connectivity index (χ0v) is 13.9. The third-order valence-electron chi connectivity index (χ3n) is 4.96. The van der Waals surface area contributed by atoms with Crippen LogP contribution in [-0.4, -0.2) is 40.7 Å². The Morgan fingerprint density at radius 3 is 2.92 bits per heavy atom. The van der Waals surface area contributed by atoms with Gasteiger partial charge in [0.1, 0.15) is 0 Å². The molecule has 4 heterocycles. The molecule has 0 spiro atoms. The summed E-state index contributed by atoms with van der Waals surface area (Å²) >= 11 is 0. The van der Waals surface area contributed by atoms with Gasteiger partial charge in [-0.3, -0.25) is 14.9 Å². The van der Waals surface area contributed by atoms with Crippen LogP contribution in [0.2, 0.25) is 0 Å². The van der Waals surface area contributed by atoms with Crippen LogP contribution in [0.25, 0.3) is 0 Å². The van der Waals surface area contributed by atoms with Crippen LogP contribution in [0.5, 0.6) is 0 Å². The summed E-state index contributed by atoms with van der Waals surface area (Å²) in [6.45, 7) is 5.08. The minimum absolute atomic E-state index is 0.574. The van der Waals surface area contributed by atoms with Crippen molar-refractivity contribution in [1.29, 1.82) is 0 Å². The van der Waals surface area contributed by atoms with E-state index in [1.54, 1.807) is 12.4 Å². The maximum absolute atomic E-state index is 5.90. The van der Waals surface area contributed by atoms with Crippen LogP contribution in [0.4, 0.5) is 0 Å². The smallest absolute Gasteiger partial charge is 0.0739 e. The molecule has 1 unspecified atom stereocenters. The highest BCUT2D eigenvalue weighted by Crippen LogP contribution is 2.25. The van der Waals surface area contributed by atoms with Crippen LogP contribution >= 0.6 is 0 Å². The Morgan fingerprint density at radius 2 is 2.08 bits per heavy atom. The summed E-state index contributed by atoms with van der Waals surface area (Å²) in [7, 11) is 0. The van der Waals surface area contributed by atoms with Gasteiger partial charge in [0, 0.05) is 50.5 Å². The van der Waals surface area contributed by atoms with E-state index < -0.39 is 0 Å². The normalized spacial score (nSPS) is 20.9. The van der Waals surface area contributed by atoms with Gasteiger partial charge in [0.05, 0.1) is 19.8 Å². The first-order chi connectivity index (χ1) is 11.9. The van der Waals surface area contributed by atoms with Crippen molar-refractivity contribution in [3.05, 3.63) is 59.2 Å². The van der Waals surface area contributed by atoms with E-state index in [4.69, 9.17) is 9.47 Å². The van der Waals surface area contributed by atoms with Crippen molar-refractivity contribution in [3.63, 3.8) is 0 Å². The molecule has 1 fully saturated rings. The van der Waals surface area contributed by atoms with Crippen LogP contribution in [-0.2, 0) is 35.7 Å². The molecule has 2 aromatic rings. The second kappa shape index (κ2) is 7.38. The van der Waals surface area contributed by atoms with Gasteiger partial charge in [-0.1, -0.05) is 0 Å². The fraction of sp³-hybridized carbons (Fsp3) is 0.474. The van der Waals surface area contributed by atoms with Crippen molar-refractivity contribution in [3.8, 4) is 0 Å². The standard InChI is InChI=1S/C19H23N3O2/c1-5-20-6-2-15(1)12-24-13-17-10-21-9-16-11-22(7-3-19(16)17)18-4-8-23-14-18/h1-2,5-6,9-10,18H,3-4,7-8,11-14H2. The zero-order chi connectivity index (χ0) is 16.2. The molecule has 4 rings (SSSR count). The Bertz CT molecular complexity index is 672. The summed E-state index contributed by atoms with van der Waals surface area (Å²) in [6.07, 6.45) is 9.79. The van der Waals surface area contributed by atoms with Gasteiger partial charge in [-0.25, -0.2) is 0 Å². The van der Waals surface area contributed by atoms with Gasteiger partial charge < -0.3 is 9.47 Å². The van der Waals surface area contributed by atoms with Crippen molar-refractivity contribution in [2.45, 2.75) is 38.6 Å². The summed E-state index contributed by atoms with van der Waals surface area (Å²) in [5, 5.41) is 0. The quantitative estimate of drug-likeness (QED) is 0.844. The number of hydrogen-bond acceptors (Lipinski definition) is 5. The van der Waals surface area contributed by atoms with Crippen LogP contribution in [0.15, 0.2) is 36.9 Å². The minimum atomic E-state index is 0.574. The van der Waals surface area contributed by atoms with Crippen LogP contribution in [0, 0.1) is 0 Å². The molecule has 0 radical (unpaired) electrons. The lowest BCUT2D eigenvalue weighted by atomic mass is 9.96. The highest BCUT2D eigenvalue weighted by Gasteiger charge is 2.27. The van der Waals surface area contributed by atoms with Crippen LogP contribution in [0.1, 0.15) is 28.7 Å². The van der Waals surface area contributed by atoms with Gasteiger partial charge in [0.2, 0.25) is 0 Å². The number of rotatable bonds is 5. The molecule has 0 bridgehead atoms. The molecule has 0 aromatic carbocycles. The van der Waals surface area contributed by atoms with E-state index in [1.165, 1.54) is 16.7 Å². The van der Waals surface area contributed by atoms with Gasteiger partial charge in [-0.15, -0.1) is 0 Å². The number of aromatic nitrogens is 2. The van der Waals surface area contributed by atoms with Gasteiger partial charge >= 0.3 is 0 Å². The van der Waals surface area contributed by atoms with Crippen molar-refractivity contribution in [2.24, 2.45) is 0 Å². The molecule has 2 aromatic heterocycles. The van der Waals surface area contributed by atoms with E-state index in [-0.39, 0.29) is 0 Å². The molecular formula is C19H23N3O2. The molecule has 2 aliphatic rings. The van der Waals surface area contributed by atoms with Gasteiger partial charge in [0.25, 0.3) is 0 Å². The van der Waals surface area contributed by atoms with Crippen molar-refractivity contribution in [2.75, 3.05) is 19.8 Å². The Morgan fingerprint density at radius 1 is 1.17 bits per heavy atom. The number of ether oxygens (including phenoxy) is 2. The molecule has 5 heteroatoms. The third kappa shape index (κ3) is 3.48. The summed E-state index contributed by atoms with van der Waals surface area (Å²) in [5.41, 5.74) is 5.15. The number of nitrogens with zero attached hydrogens (tertiary/aromatic N) is 3. The molecule has 126 valence electrons. The number of pyridine rings is 2. The predicted molar refractivity (Wildman–Crippen MR) is 90.3 cm³/mol. The van der Waals surface area contributed by atoms with E-state index >= 15 is 0 Å². The summed E-state index contributed by atoms with van der Waals surface area (Å²) in [5.74, 6) is 0. The fourth-order valence-corrected chi connectivity index (χ4v) is 3.59. The summed E-state index contributed by atoms with van der Waals surface area (Å²) in [6, 6.07) is 4.55. The first-order valence-corrected chi connectivity index (χ1v) is 8.63. The molecule has 5 nitrogen and oxygen atoms in total.